The van der Waals surface area contributed by atoms with Crippen molar-refractivity contribution in [1.82, 2.24) is 4.98 Å². The number of pyridine rings is 1. The number of aryl methyl sites for hydroxylation is 1. The van der Waals surface area contributed by atoms with Gasteiger partial charge in [0.2, 0.25) is 0 Å². The molecular formula is C13H9Cl2NO2. The van der Waals surface area contributed by atoms with E-state index in [0.29, 0.717) is 26.9 Å². The zero-order valence-corrected chi connectivity index (χ0v) is 11.0. The molecule has 0 aliphatic heterocycles. The number of hydrogen-bond donors (Lipinski definition) is 1. The standard InChI is InChI=1S/C13H9Cl2NO2/c1-7-5-6-16-12(10(7)13(17)18)8-3-2-4-9(14)11(8)15/h2-6H,1H3,(H,17,18). The Morgan fingerprint density at radius 3 is 2.67 bits per heavy atom. The predicted molar refractivity (Wildman–Crippen MR) is 71.4 cm³/mol. The van der Waals surface area contributed by atoms with E-state index in [0.717, 1.165) is 0 Å². The second kappa shape index (κ2) is 4.96. The molecule has 18 heavy (non-hydrogen) atoms. The Balaban J connectivity index is 2.75. The van der Waals surface area contributed by atoms with Gasteiger partial charge in [0.15, 0.2) is 0 Å². The third kappa shape index (κ3) is 2.19. The average Bonchev–Trinajstić information content (AvgIpc) is 2.32. The van der Waals surface area contributed by atoms with Crippen LogP contribution in [0, 0.1) is 6.92 Å². The summed E-state index contributed by atoms with van der Waals surface area (Å²) in [5.41, 5.74) is 1.62. The maximum absolute atomic E-state index is 11.3. The van der Waals surface area contributed by atoms with Crippen LogP contribution in [0.4, 0.5) is 0 Å². The van der Waals surface area contributed by atoms with Gasteiger partial charge >= 0.3 is 5.97 Å². The van der Waals surface area contributed by atoms with Gasteiger partial charge < -0.3 is 5.11 Å². The molecule has 2 rings (SSSR count). The molecule has 0 unspecified atom stereocenters. The van der Waals surface area contributed by atoms with Gasteiger partial charge in [-0.2, -0.15) is 0 Å². The predicted octanol–water partition coefficient (Wildman–Crippen LogP) is 4.06. The van der Waals surface area contributed by atoms with Crippen LogP contribution in [0.25, 0.3) is 11.3 Å². The number of aromatic carboxylic acids is 1. The average molecular weight is 282 g/mol. The molecule has 0 aliphatic rings. The quantitative estimate of drug-likeness (QED) is 0.903. The number of rotatable bonds is 2. The van der Waals surface area contributed by atoms with Crippen molar-refractivity contribution < 1.29 is 9.90 Å². The number of hydrogen-bond acceptors (Lipinski definition) is 2. The zero-order chi connectivity index (χ0) is 13.3. The molecule has 0 aliphatic carbocycles. The van der Waals surface area contributed by atoms with Crippen molar-refractivity contribution in [3.63, 3.8) is 0 Å². The van der Waals surface area contributed by atoms with Gasteiger partial charge in [0.05, 0.1) is 21.3 Å². The van der Waals surface area contributed by atoms with Crippen LogP contribution in [0.15, 0.2) is 30.5 Å². The van der Waals surface area contributed by atoms with Gasteiger partial charge in [0.1, 0.15) is 0 Å². The maximum Gasteiger partial charge on any atom is 0.338 e. The van der Waals surface area contributed by atoms with Gasteiger partial charge in [-0.1, -0.05) is 35.3 Å². The molecule has 1 heterocycles. The lowest BCUT2D eigenvalue weighted by molar-refractivity contribution is 0.0696. The van der Waals surface area contributed by atoms with E-state index in [4.69, 9.17) is 23.2 Å². The normalized spacial score (nSPS) is 10.4. The number of aromatic nitrogens is 1. The van der Waals surface area contributed by atoms with Crippen LogP contribution in [0.1, 0.15) is 15.9 Å². The third-order valence-corrected chi connectivity index (χ3v) is 3.40. The lowest BCUT2D eigenvalue weighted by atomic mass is 10.0. The van der Waals surface area contributed by atoms with E-state index in [1.807, 2.05) is 0 Å². The van der Waals surface area contributed by atoms with Crippen LogP contribution >= 0.6 is 23.2 Å². The highest BCUT2D eigenvalue weighted by Gasteiger charge is 2.18. The van der Waals surface area contributed by atoms with Gasteiger partial charge in [-0.25, -0.2) is 4.79 Å². The molecule has 1 N–H and O–H groups in total. The molecule has 0 saturated carbocycles. The van der Waals surface area contributed by atoms with E-state index in [2.05, 4.69) is 4.98 Å². The zero-order valence-electron chi connectivity index (χ0n) is 9.45. The topological polar surface area (TPSA) is 50.2 Å². The van der Waals surface area contributed by atoms with Gasteiger partial charge in [-0.05, 0) is 24.6 Å². The summed E-state index contributed by atoms with van der Waals surface area (Å²) in [4.78, 5) is 15.4. The van der Waals surface area contributed by atoms with Crippen LogP contribution in [0.2, 0.25) is 10.0 Å². The third-order valence-electron chi connectivity index (χ3n) is 2.58. The minimum Gasteiger partial charge on any atom is -0.478 e. The van der Waals surface area contributed by atoms with Crippen LogP contribution in [0.5, 0.6) is 0 Å². The molecule has 0 amide bonds. The highest BCUT2D eigenvalue weighted by Crippen LogP contribution is 2.34. The van der Waals surface area contributed by atoms with E-state index in [1.54, 1.807) is 37.4 Å². The Hall–Kier alpha value is -1.58. The monoisotopic (exact) mass is 281 g/mol. The fourth-order valence-corrected chi connectivity index (χ4v) is 2.11. The number of carboxylic acids is 1. The summed E-state index contributed by atoms with van der Waals surface area (Å²) >= 11 is 12.0. The van der Waals surface area contributed by atoms with Crippen molar-refractivity contribution in [2.75, 3.05) is 0 Å². The maximum atomic E-state index is 11.3. The van der Waals surface area contributed by atoms with Crippen LogP contribution in [-0.4, -0.2) is 16.1 Å². The van der Waals surface area contributed by atoms with Crippen LogP contribution in [0.3, 0.4) is 0 Å². The van der Waals surface area contributed by atoms with E-state index in [9.17, 15) is 9.90 Å². The Labute approximate surface area is 114 Å². The highest BCUT2D eigenvalue weighted by atomic mass is 35.5. The van der Waals surface area contributed by atoms with Crippen molar-refractivity contribution >= 4 is 29.2 Å². The molecule has 1 aromatic carbocycles. The number of nitrogens with zero attached hydrogens (tertiary/aromatic N) is 1. The van der Waals surface area contributed by atoms with E-state index in [-0.39, 0.29) is 5.56 Å². The van der Waals surface area contributed by atoms with Gasteiger partial charge in [-0.3, -0.25) is 4.98 Å². The molecule has 2 aromatic rings. The van der Waals surface area contributed by atoms with Gasteiger partial charge in [0, 0.05) is 11.8 Å². The Bertz CT molecular complexity index is 626. The van der Waals surface area contributed by atoms with Crippen LogP contribution in [-0.2, 0) is 0 Å². The summed E-state index contributed by atoms with van der Waals surface area (Å²) in [6, 6.07) is 6.69. The molecule has 92 valence electrons. The fraction of sp³-hybridized carbons (Fsp3) is 0.0769. The molecule has 3 nitrogen and oxygen atoms in total. The smallest absolute Gasteiger partial charge is 0.338 e. The molecule has 0 fully saturated rings. The van der Waals surface area contributed by atoms with E-state index >= 15 is 0 Å². The minimum absolute atomic E-state index is 0.140. The van der Waals surface area contributed by atoms with Crippen molar-refractivity contribution in [2.45, 2.75) is 6.92 Å². The lowest BCUT2D eigenvalue weighted by Gasteiger charge is -2.10. The van der Waals surface area contributed by atoms with Crippen molar-refractivity contribution in [1.29, 1.82) is 0 Å². The minimum atomic E-state index is -1.04. The summed E-state index contributed by atoms with van der Waals surface area (Å²) in [5, 5.41) is 9.93. The SMILES string of the molecule is Cc1ccnc(-c2cccc(Cl)c2Cl)c1C(=O)O. The molecule has 0 saturated heterocycles. The summed E-state index contributed by atoms with van der Waals surface area (Å²) in [5.74, 6) is -1.04. The molecule has 1 aromatic heterocycles. The summed E-state index contributed by atoms with van der Waals surface area (Å²) in [6.45, 7) is 1.72. The Morgan fingerprint density at radius 2 is 2.00 bits per heavy atom. The molecule has 5 heteroatoms. The summed E-state index contributed by atoms with van der Waals surface area (Å²) in [6.07, 6.45) is 1.55. The molecule has 0 bridgehead atoms. The first-order valence-corrected chi connectivity index (χ1v) is 5.91. The van der Waals surface area contributed by atoms with Crippen molar-refractivity contribution in [3.05, 3.63) is 51.6 Å². The largest absolute Gasteiger partial charge is 0.478 e. The van der Waals surface area contributed by atoms with Gasteiger partial charge in [-0.15, -0.1) is 0 Å². The summed E-state index contributed by atoms with van der Waals surface area (Å²) < 4.78 is 0. The first-order chi connectivity index (χ1) is 8.52. The summed E-state index contributed by atoms with van der Waals surface area (Å²) in [7, 11) is 0. The van der Waals surface area contributed by atoms with E-state index in [1.165, 1.54) is 0 Å². The van der Waals surface area contributed by atoms with Crippen molar-refractivity contribution in [2.24, 2.45) is 0 Å². The van der Waals surface area contributed by atoms with E-state index < -0.39 is 5.97 Å². The number of halogens is 2. The second-order valence-electron chi connectivity index (χ2n) is 3.76. The molecule has 0 radical (unpaired) electrons. The molecule has 0 atom stereocenters. The number of benzene rings is 1. The number of carboxylic acid groups (broad SMARTS) is 1. The van der Waals surface area contributed by atoms with Crippen molar-refractivity contribution in [3.8, 4) is 11.3 Å². The molecule has 0 spiro atoms. The highest BCUT2D eigenvalue weighted by molar-refractivity contribution is 6.43. The Kier molecular flexibility index (Phi) is 3.55. The van der Waals surface area contributed by atoms with Crippen LogP contribution < -0.4 is 0 Å². The lowest BCUT2D eigenvalue weighted by Crippen LogP contribution is -2.04. The first-order valence-electron chi connectivity index (χ1n) is 5.15. The molecular weight excluding hydrogens is 273 g/mol. The number of carbonyl (C=O) groups is 1. The second-order valence-corrected chi connectivity index (χ2v) is 4.54. The Morgan fingerprint density at radius 1 is 1.28 bits per heavy atom. The fourth-order valence-electron chi connectivity index (χ4n) is 1.72. The van der Waals surface area contributed by atoms with Gasteiger partial charge in [0.25, 0.3) is 0 Å². The first kappa shape index (κ1) is 12.9.